The summed E-state index contributed by atoms with van der Waals surface area (Å²) in [5.41, 5.74) is 5.03. The molecule has 0 radical (unpaired) electrons. The summed E-state index contributed by atoms with van der Waals surface area (Å²) in [6.07, 6.45) is 0.106. The van der Waals surface area contributed by atoms with Crippen LogP contribution < -0.4 is 5.73 Å². The summed E-state index contributed by atoms with van der Waals surface area (Å²) in [4.78, 5) is 10.2. The third kappa shape index (κ3) is 5.56. The highest BCUT2D eigenvalue weighted by Gasteiger charge is 2.20. The van der Waals surface area contributed by atoms with E-state index in [1.165, 1.54) is 0 Å². The molecule has 0 aromatic heterocycles. The maximum absolute atomic E-state index is 11.0. The Morgan fingerprint density at radius 3 is 2.38 bits per heavy atom. The van der Waals surface area contributed by atoms with E-state index >= 15 is 0 Å². The molecule has 6 nitrogen and oxygen atoms in total. The van der Waals surface area contributed by atoms with Gasteiger partial charge in [0.2, 0.25) is 0 Å². The van der Waals surface area contributed by atoms with Crippen LogP contribution in [0, 0.1) is 0 Å². The average molecular weight is 211 g/mol. The van der Waals surface area contributed by atoms with Gasteiger partial charge in [0.25, 0.3) is 0 Å². The van der Waals surface area contributed by atoms with Crippen molar-refractivity contribution in [2.24, 2.45) is 5.73 Å². The Labute approximate surface area is 76.3 Å². The third-order valence-corrected chi connectivity index (χ3v) is 3.14. The molecular weight excluding hydrogens is 198 g/mol. The lowest BCUT2D eigenvalue weighted by molar-refractivity contribution is -0.137. The second-order valence-corrected chi connectivity index (χ2v) is 4.86. The van der Waals surface area contributed by atoms with Gasteiger partial charge in [0, 0.05) is 6.61 Å². The van der Waals surface area contributed by atoms with Crippen LogP contribution >= 0.6 is 0 Å². The Morgan fingerprint density at radius 1 is 1.46 bits per heavy atom. The first-order chi connectivity index (χ1) is 5.89. The number of aliphatic hydroxyl groups excluding tert-OH is 1. The van der Waals surface area contributed by atoms with Crippen LogP contribution in [-0.4, -0.2) is 48.8 Å². The molecule has 0 amide bonds. The zero-order valence-corrected chi connectivity index (χ0v) is 7.83. The summed E-state index contributed by atoms with van der Waals surface area (Å²) in [5, 5.41) is 16.7. The molecule has 0 spiro atoms. The lowest BCUT2D eigenvalue weighted by Gasteiger charge is -2.06. The number of rotatable bonds is 6. The van der Waals surface area contributed by atoms with E-state index in [0.717, 1.165) is 0 Å². The van der Waals surface area contributed by atoms with Gasteiger partial charge in [-0.05, 0) is 6.42 Å². The molecule has 0 saturated carbocycles. The van der Waals surface area contributed by atoms with Crippen molar-refractivity contribution < 1.29 is 23.4 Å². The van der Waals surface area contributed by atoms with Crippen molar-refractivity contribution in [2.45, 2.75) is 12.5 Å². The maximum Gasteiger partial charge on any atom is 0.321 e. The highest BCUT2D eigenvalue weighted by molar-refractivity contribution is 7.91. The number of carbonyl (C=O) groups is 1. The molecule has 0 aliphatic carbocycles. The number of carboxylic acid groups (broad SMARTS) is 1. The molecule has 0 fully saturated rings. The van der Waals surface area contributed by atoms with Gasteiger partial charge in [-0.1, -0.05) is 0 Å². The Morgan fingerprint density at radius 2 is 2.00 bits per heavy atom. The predicted molar refractivity (Wildman–Crippen MR) is 46.0 cm³/mol. The van der Waals surface area contributed by atoms with Crippen LogP contribution in [0.25, 0.3) is 0 Å². The van der Waals surface area contributed by atoms with E-state index < -0.39 is 27.6 Å². The summed E-state index contributed by atoms with van der Waals surface area (Å²) in [6.45, 7) is -0.235. The van der Waals surface area contributed by atoms with Crippen molar-refractivity contribution in [3.63, 3.8) is 0 Å². The van der Waals surface area contributed by atoms with Crippen LogP contribution in [-0.2, 0) is 14.6 Å². The van der Waals surface area contributed by atoms with E-state index in [9.17, 15) is 13.2 Å². The second-order valence-electron chi connectivity index (χ2n) is 2.64. The number of carboxylic acids is 1. The molecule has 4 N–H and O–H groups in total. The summed E-state index contributed by atoms with van der Waals surface area (Å²) in [7, 11) is -3.45. The molecule has 0 aliphatic heterocycles. The lowest BCUT2D eigenvalue weighted by atomic mass is 10.4. The van der Waals surface area contributed by atoms with E-state index in [-0.39, 0.29) is 18.8 Å². The standard InChI is InChI=1S/C6H13NO5S/c7-5(6(9)10)4-13(11,12)3-1-2-8/h5,8H,1-4,7H2,(H,9,10)/t5-/m0/s1. The van der Waals surface area contributed by atoms with Crippen molar-refractivity contribution in [3.05, 3.63) is 0 Å². The van der Waals surface area contributed by atoms with Crippen LogP contribution in [0.3, 0.4) is 0 Å². The summed E-state index contributed by atoms with van der Waals surface area (Å²) in [6, 6.07) is -1.39. The number of aliphatic hydroxyl groups is 1. The van der Waals surface area contributed by atoms with Crippen LogP contribution in [0.1, 0.15) is 6.42 Å². The Balaban J connectivity index is 4.10. The van der Waals surface area contributed by atoms with E-state index in [4.69, 9.17) is 15.9 Å². The molecule has 78 valence electrons. The van der Waals surface area contributed by atoms with Crippen molar-refractivity contribution in [3.8, 4) is 0 Å². The molecule has 13 heavy (non-hydrogen) atoms. The number of nitrogens with two attached hydrogens (primary N) is 1. The quantitative estimate of drug-likeness (QED) is 0.477. The van der Waals surface area contributed by atoms with E-state index in [2.05, 4.69) is 0 Å². The normalized spacial score (nSPS) is 14.0. The number of aliphatic carboxylic acids is 1. The molecule has 0 rings (SSSR count). The molecule has 0 aromatic carbocycles. The first-order valence-corrected chi connectivity index (χ1v) is 5.51. The zero-order chi connectivity index (χ0) is 10.5. The summed E-state index contributed by atoms with van der Waals surface area (Å²) >= 11 is 0. The van der Waals surface area contributed by atoms with E-state index in [1.54, 1.807) is 0 Å². The Hall–Kier alpha value is -0.660. The number of hydrogen-bond donors (Lipinski definition) is 3. The summed E-state index contributed by atoms with van der Waals surface area (Å²) in [5.74, 6) is -2.15. The van der Waals surface area contributed by atoms with Gasteiger partial charge in [0.1, 0.15) is 6.04 Å². The molecule has 0 heterocycles. The molecule has 1 atom stereocenters. The number of hydrogen-bond acceptors (Lipinski definition) is 5. The van der Waals surface area contributed by atoms with Crippen molar-refractivity contribution in [1.82, 2.24) is 0 Å². The molecule has 7 heteroatoms. The SMILES string of the molecule is N[C@@H](CS(=O)(=O)CCCO)C(=O)O. The number of sulfone groups is 1. The lowest BCUT2D eigenvalue weighted by Crippen LogP contribution is -2.38. The summed E-state index contributed by atoms with van der Waals surface area (Å²) < 4.78 is 22.1. The topological polar surface area (TPSA) is 118 Å². The van der Waals surface area contributed by atoms with Crippen LogP contribution in [0.2, 0.25) is 0 Å². The zero-order valence-electron chi connectivity index (χ0n) is 7.01. The molecular formula is C6H13NO5S. The minimum absolute atomic E-state index is 0.106. The molecule has 0 aromatic rings. The molecule has 0 saturated heterocycles. The third-order valence-electron chi connectivity index (χ3n) is 1.36. The smallest absolute Gasteiger partial charge is 0.321 e. The highest BCUT2D eigenvalue weighted by atomic mass is 32.2. The van der Waals surface area contributed by atoms with Crippen molar-refractivity contribution in [1.29, 1.82) is 0 Å². The highest BCUT2D eigenvalue weighted by Crippen LogP contribution is 1.96. The maximum atomic E-state index is 11.0. The molecule has 0 bridgehead atoms. The van der Waals surface area contributed by atoms with Crippen LogP contribution in [0.4, 0.5) is 0 Å². The van der Waals surface area contributed by atoms with Gasteiger partial charge < -0.3 is 15.9 Å². The largest absolute Gasteiger partial charge is 0.480 e. The van der Waals surface area contributed by atoms with Gasteiger partial charge in [0.15, 0.2) is 9.84 Å². The first kappa shape index (κ1) is 12.3. The molecule has 0 unspecified atom stereocenters. The van der Waals surface area contributed by atoms with Gasteiger partial charge in [-0.3, -0.25) is 4.79 Å². The fourth-order valence-corrected chi connectivity index (χ4v) is 2.14. The second kappa shape index (κ2) is 5.15. The van der Waals surface area contributed by atoms with Gasteiger partial charge in [-0.15, -0.1) is 0 Å². The fourth-order valence-electron chi connectivity index (χ4n) is 0.713. The minimum atomic E-state index is -3.45. The average Bonchev–Trinajstić information content (AvgIpc) is 2.00. The van der Waals surface area contributed by atoms with Crippen LogP contribution in [0.5, 0.6) is 0 Å². The fraction of sp³-hybridized carbons (Fsp3) is 0.833. The Bertz CT molecular complexity index is 260. The molecule has 0 aliphatic rings. The van der Waals surface area contributed by atoms with Crippen molar-refractivity contribution in [2.75, 3.05) is 18.1 Å². The van der Waals surface area contributed by atoms with Gasteiger partial charge in [-0.25, -0.2) is 8.42 Å². The van der Waals surface area contributed by atoms with E-state index in [0.29, 0.717) is 0 Å². The van der Waals surface area contributed by atoms with Crippen LogP contribution in [0.15, 0.2) is 0 Å². The Kier molecular flexibility index (Phi) is 4.89. The first-order valence-electron chi connectivity index (χ1n) is 3.68. The van der Waals surface area contributed by atoms with Gasteiger partial charge in [0.05, 0.1) is 11.5 Å². The monoisotopic (exact) mass is 211 g/mol. The van der Waals surface area contributed by atoms with Gasteiger partial charge >= 0.3 is 5.97 Å². The van der Waals surface area contributed by atoms with Crippen molar-refractivity contribution >= 4 is 15.8 Å². The minimum Gasteiger partial charge on any atom is -0.480 e. The predicted octanol–water partition coefficient (Wildman–Crippen LogP) is -1.80. The van der Waals surface area contributed by atoms with E-state index in [1.807, 2.05) is 0 Å². The van der Waals surface area contributed by atoms with Gasteiger partial charge in [-0.2, -0.15) is 0 Å².